The molecule has 0 saturated carbocycles. The molecule has 2 amide bonds. The fourth-order valence-electron chi connectivity index (χ4n) is 2.68. The SMILES string of the molecule is CCc1csc(C(Cc2ccc(C(N)=O)cc2)NC(=O)CCC(=O)C(C)C)n1. The normalized spacial score (nSPS) is 12.0. The van der Waals surface area contributed by atoms with E-state index in [4.69, 9.17) is 5.73 Å². The molecule has 0 saturated heterocycles. The van der Waals surface area contributed by atoms with Crippen molar-refractivity contribution < 1.29 is 14.4 Å². The monoisotopic (exact) mass is 401 g/mol. The minimum Gasteiger partial charge on any atom is -0.366 e. The Morgan fingerprint density at radius 1 is 1.14 bits per heavy atom. The molecule has 6 nitrogen and oxygen atoms in total. The van der Waals surface area contributed by atoms with Gasteiger partial charge in [0.15, 0.2) is 0 Å². The molecule has 0 fully saturated rings. The highest BCUT2D eigenvalue weighted by molar-refractivity contribution is 7.09. The summed E-state index contributed by atoms with van der Waals surface area (Å²) >= 11 is 1.51. The fraction of sp³-hybridized carbons (Fsp3) is 0.429. The summed E-state index contributed by atoms with van der Waals surface area (Å²) in [6.07, 6.45) is 1.77. The quantitative estimate of drug-likeness (QED) is 0.638. The number of ketones is 1. The third-order valence-electron chi connectivity index (χ3n) is 4.49. The van der Waals surface area contributed by atoms with E-state index in [0.717, 1.165) is 22.7 Å². The van der Waals surface area contributed by atoms with Crippen LogP contribution in [0, 0.1) is 5.92 Å². The molecule has 1 atom stereocenters. The second-order valence-corrected chi connectivity index (χ2v) is 7.93. The Labute approximate surface area is 169 Å². The fourth-order valence-corrected chi connectivity index (χ4v) is 3.63. The molecule has 3 N–H and O–H groups in total. The van der Waals surface area contributed by atoms with Gasteiger partial charge in [0.1, 0.15) is 10.8 Å². The molecule has 1 aromatic carbocycles. The van der Waals surface area contributed by atoms with Crippen molar-refractivity contribution in [3.05, 3.63) is 51.5 Å². The minimum atomic E-state index is -0.473. The highest BCUT2D eigenvalue weighted by Gasteiger charge is 2.20. The largest absolute Gasteiger partial charge is 0.366 e. The summed E-state index contributed by atoms with van der Waals surface area (Å²) in [4.78, 5) is 40.1. The maximum Gasteiger partial charge on any atom is 0.248 e. The van der Waals surface area contributed by atoms with Crippen LogP contribution >= 0.6 is 11.3 Å². The summed E-state index contributed by atoms with van der Waals surface area (Å²) in [5, 5.41) is 5.84. The number of rotatable bonds is 10. The molecule has 0 aliphatic heterocycles. The third kappa shape index (κ3) is 6.27. The van der Waals surface area contributed by atoms with Gasteiger partial charge in [0, 0.05) is 29.7 Å². The average molecular weight is 402 g/mol. The molecule has 2 aromatic rings. The van der Waals surface area contributed by atoms with Crippen LogP contribution in [0.2, 0.25) is 0 Å². The predicted molar refractivity (Wildman–Crippen MR) is 110 cm³/mol. The predicted octanol–water partition coefficient (Wildman–Crippen LogP) is 3.21. The number of aromatic nitrogens is 1. The van der Waals surface area contributed by atoms with Gasteiger partial charge in [-0.2, -0.15) is 0 Å². The van der Waals surface area contributed by atoms with Crippen molar-refractivity contribution in [3.8, 4) is 0 Å². The number of primary amides is 1. The number of Topliss-reactive ketones (excluding diaryl/α,β-unsaturated/α-hetero) is 1. The van der Waals surface area contributed by atoms with E-state index in [9.17, 15) is 14.4 Å². The van der Waals surface area contributed by atoms with Crippen molar-refractivity contribution in [2.45, 2.75) is 52.5 Å². The molecule has 0 spiro atoms. The van der Waals surface area contributed by atoms with Crippen molar-refractivity contribution >= 4 is 28.9 Å². The highest BCUT2D eigenvalue weighted by atomic mass is 32.1. The number of hydrogen-bond acceptors (Lipinski definition) is 5. The standard InChI is InChI=1S/C21H27N3O3S/c1-4-16-12-28-21(23-16)17(24-19(26)10-9-18(25)13(2)3)11-14-5-7-15(8-6-14)20(22)27/h5-8,12-13,17H,4,9-11H2,1-3H3,(H2,22,27)(H,24,26). The molecule has 2 rings (SSSR count). The highest BCUT2D eigenvalue weighted by Crippen LogP contribution is 2.23. The molecule has 0 radical (unpaired) electrons. The van der Waals surface area contributed by atoms with Crippen LogP contribution in [-0.2, 0) is 22.4 Å². The Kier molecular flexibility index (Phi) is 7.87. The molecule has 1 aromatic heterocycles. The zero-order valence-electron chi connectivity index (χ0n) is 16.5. The van der Waals surface area contributed by atoms with Gasteiger partial charge in [-0.25, -0.2) is 4.98 Å². The first-order valence-electron chi connectivity index (χ1n) is 9.45. The van der Waals surface area contributed by atoms with Crippen LogP contribution in [0.1, 0.15) is 66.3 Å². The molecule has 28 heavy (non-hydrogen) atoms. The molecule has 1 heterocycles. The number of hydrogen-bond donors (Lipinski definition) is 2. The minimum absolute atomic E-state index is 0.0709. The molecule has 0 aliphatic carbocycles. The third-order valence-corrected chi connectivity index (χ3v) is 5.49. The molecule has 7 heteroatoms. The van der Waals surface area contributed by atoms with Gasteiger partial charge in [0.25, 0.3) is 0 Å². The summed E-state index contributed by atoms with van der Waals surface area (Å²) < 4.78 is 0. The van der Waals surface area contributed by atoms with E-state index >= 15 is 0 Å². The number of nitrogens with zero attached hydrogens (tertiary/aromatic N) is 1. The van der Waals surface area contributed by atoms with Crippen LogP contribution in [-0.4, -0.2) is 22.6 Å². The van der Waals surface area contributed by atoms with Crippen molar-refractivity contribution in [3.63, 3.8) is 0 Å². The van der Waals surface area contributed by atoms with Gasteiger partial charge in [-0.15, -0.1) is 11.3 Å². The Balaban J connectivity index is 2.11. The number of carbonyl (C=O) groups is 3. The van der Waals surface area contributed by atoms with Gasteiger partial charge in [-0.3, -0.25) is 14.4 Å². The van der Waals surface area contributed by atoms with Crippen LogP contribution < -0.4 is 11.1 Å². The van der Waals surface area contributed by atoms with Crippen molar-refractivity contribution in [2.24, 2.45) is 11.7 Å². The first-order valence-corrected chi connectivity index (χ1v) is 10.3. The van der Waals surface area contributed by atoms with Gasteiger partial charge in [-0.1, -0.05) is 32.9 Å². The van der Waals surface area contributed by atoms with Gasteiger partial charge in [-0.05, 0) is 30.5 Å². The molecular weight excluding hydrogens is 374 g/mol. The summed E-state index contributed by atoms with van der Waals surface area (Å²) in [5.41, 5.74) is 7.68. The Hall–Kier alpha value is -2.54. The van der Waals surface area contributed by atoms with Crippen molar-refractivity contribution in [1.29, 1.82) is 0 Å². The molecule has 0 aliphatic rings. The summed E-state index contributed by atoms with van der Waals surface area (Å²) in [7, 11) is 0. The number of nitrogens with one attached hydrogen (secondary N) is 1. The summed E-state index contributed by atoms with van der Waals surface area (Å²) in [6.45, 7) is 5.70. The lowest BCUT2D eigenvalue weighted by Crippen LogP contribution is -2.30. The van der Waals surface area contributed by atoms with E-state index in [1.165, 1.54) is 11.3 Å². The zero-order chi connectivity index (χ0) is 20.7. The van der Waals surface area contributed by atoms with Gasteiger partial charge < -0.3 is 11.1 Å². The summed E-state index contributed by atoms with van der Waals surface area (Å²) in [5.74, 6) is -0.630. The van der Waals surface area contributed by atoms with E-state index in [1.54, 1.807) is 12.1 Å². The van der Waals surface area contributed by atoms with E-state index in [-0.39, 0.29) is 36.5 Å². The lowest BCUT2D eigenvalue weighted by Gasteiger charge is -2.17. The average Bonchev–Trinajstić information content (AvgIpc) is 3.15. The first-order chi connectivity index (χ1) is 13.3. The number of thiazole rings is 1. The maximum atomic E-state index is 12.4. The van der Waals surface area contributed by atoms with Crippen LogP contribution in [0.4, 0.5) is 0 Å². The number of benzene rings is 1. The number of aryl methyl sites for hydroxylation is 1. The first kappa shape index (κ1) is 21.8. The molecule has 0 bridgehead atoms. The molecule has 1 unspecified atom stereocenters. The van der Waals surface area contributed by atoms with E-state index < -0.39 is 5.91 Å². The van der Waals surface area contributed by atoms with E-state index in [0.29, 0.717) is 12.0 Å². The smallest absolute Gasteiger partial charge is 0.248 e. The summed E-state index contributed by atoms with van der Waals surface area (Å²) in [6, 6.07) is 6.73. The van der Waals surface area contributed by atoms with Gasteiger partial charge in [0.2, 0.25) is 11.8 Å². The van der Waals surface area contributed by atoms with Crippen LogP contribution in [0.3, 0.4) is 0 Å². The molecule has 150 valence electrons. The zero-order valence-corrected chi connectivity index (χ0v) is 17.3. The van der Waals surface area contributed by atoms with E-state index in [2.05, 4.69) is 10.3 Å². The van der Waals surface area contributed by atoms with E-state index in [1.807, 2.05) is 38.3 Å². The number of nitrogens with two attached hydrogens (primary N) is 1. The van der Waals surface area contributed by atoms with Gasteiger partial charge >= 0.3 is 0 Å². The van der Waals surface area contributed by atoms with Crippen LogP contribution in [0.25, 0.3) is 0 Å². The van der Waals surface area contributed by atoms with Crippen LogP contribution in [0.15, 0.2) is 29.6 Å². The Morgan fingerprint density at radius 3 is 2.36 bits per heavy atom. The Bertz CT molecular complexity index is 828. The second kappa shape index (κ2) is 10.1. The van der Waals surface area contributed by atoms with Crippen molar-refractivity contribution in [2.75, 3.05) is 0 Å². The lowest BCUT2D eigenvalue weighted by atomic mass is 10.0. The van der Waals surface area contributed by atoms with Crippen LogP contribution in [0.5, 0.6) is 0 Å². The number of amides is 2. The lowest BCUT2D eigenvalue weighted by molar-refractivity contribution is -0.127. The van der Waals surface area contributed by atoms with Gasteiger partial charge in [0.05, 0.1) is 11.7 Å². The maximum absolute atomic E-state index is 12.4. The Morgan fingerprint density at radius 2 is 1.82 bits per heavy atom. The topological polar surface area (TPSA) is 102 Å². The second-order valence-electron chi connectivity index (χ2n) is 7.04. The van der Waals surface area contributed by atoms with Crippen molar-refractivity contribution in [1.82, 2.24) is 10.3 Å². The molecular formula is C21H27N3O3S. The number of carbonyl (C=O) groups excluding carboxylic acids is 3.